The highest BCUT2D eigenvalue weighted by Crippen LogP contribution is 2.36. The van der Waals surface area contributed by atoms with E-state index in [1.54, 1.807) is 12.1 Å². The Balaban J connectivity index is 2.09. The molecule has 0 heterocycles. The van der Waals surface area contributed by atoms with Crippen LogP contribution in [0.15, 0.2) is 30.3 Å². The van der Waals surface area contributed by atoms with E-state index in [-0.39, 0.29) is 17.1 Å². The molecule has 6 nitrogen and oxygen atoms in total. The normalized spacial score (nSPS) is 10.3. The molecule has 0 radical (unpaired) electrons. The molecule has 0 spiro atoms. The standard InChI is InChI=1S/C18H17Cl3N2O4/c1-23(9-16(24)22-11-4-5-12(19)13(20)8-11)18(25)10-6-14(21)17(27-3)15(7-10)26-2/h4-8H,9H2,1-3H3,(H,22,24). The maximum atomic E-state index is 12.6. The first-order valence-corrected chi connectivity index (χ1v) is 8.82. The van der Waals surface area contributed by atoms with Gasteiger partial charge in [0.1, 0.15) is 0 Å². The summed E-state index contributed by atoms with van der Waals surface area (Å²) in [6.45, 7) is -0.176. The smallest absolute Gasteiger partial charge is 0.254 e. The van der Waals surface area contributed by atoms with E-state index in [1.807, 2.05) is 0 Å². The summed E-state index contributed by atoms with van der Waals surface area (Å²) in [7, 11) is 4.39. The summed E-state index contributed by atoms with van der Waals surface area (Å²) in [5.41, 5.74) is 0.742. The van der Waals surface area contributed by atoms with E-state index in [9.17, 15) is 9.59 Å². The summed E-state index contributed by atoms with van der Waals surface area (Å²) < 4.78 is 10.3. The first-order valence-electron chi connectivity index (χ1n) is 7.68. The molecule has 27 heavy (non-hydrogen) atoms. The zero-order valence-corrected chi connectivity index (χ0v) is 17.1. The number of likely N-dealkylation sites (N-methyl/N-ethyl adjacent to an activating group) is 1. The molecule has 1 N–H and O–H groups in total. The number of carbonyl (C=O) groups excluding carboxylic acids is 2. The molecular weight excluding hydrogens is 415 g/mol. The van der Waals surface area contributed by atoms with Gasteiger partial charge in [-0.3, -0.25) is 9.59 Å². The minimum atomic E-state index is -0.401. The van der Waals surface area contributed by atoms with Crippen LogP contribution >= 0.6 is 34.8 Å². The molecule has 0 bridgehead atoms. The number of anilines is 1. The van der Waals surface area contributed by atoms with Crippen molar-refractivity contribution < 1.29 is 19.1 Å². The zero-order valence-electron chi connectivity index (χ0n) is 14.8. The van der Waals surface area contributed by atoms with Crippen molar-refractivity contribution >= 4 is 52.3 Å². The SMILES string of the molecule is COc1cc(C(=O)N(C)CC(=O)Nc2ccc(Cl)c(Cl)c2)cc(Cl)c1OC. The highest BCUT2D eigenvalue weighted by molar-refractivity contribution is 6.42. The second kappa shape index (κ2) is 9.17. The Morgan fingerprint density at radius 2 is 1.70 bits per heavy atom. The third-order valence-corrected chi connectivity index (χ3v) is 4.63. The number of nitrogens with zero attached hydrogens (tertiary/aromatic N) is 1. The van der Waals surface area contributed by atoms with Crippen molar-refractivity contribution in [1.29, 1.82) is 0 Å². The summed E-state index contributed by atoms with van der Waals surface area (Å²) in [5.74, 6) is -0.143. The molecule has 0 saturated heterocycles. The lowest BCUT2D eigenvalue weighted by Crippen LogP contribution is -2.35. The van der Waals surface area contributed by atoms with Gasteiger partial charge in [-0.25, -0.2) is 0 Å². The van der Waals surface area contributed by atoms with Gasteiger partial charge in [-0.05, 0) is 30.3 Å². The minimum Gasteiger partial charge on any atom is -0.493 e. The lowest BCUT2D eigenvalue weighted by molar-refractivity contribution is -0.116. The lowest BCUT2D eigenvalue weighted by atomic mass is 10.1. The van der Waals surface area contributed by atoms with Crippen molar-refractivity contribution in [2.24, 2.45) is 0 Å². The Bertz CT molecular complexity index is 874. The van der Waals surface area contributed by atoms with Crippen molar-refractivity contribution in [1.82, 2.24) is 4.90 Å². The molecule has 0 atom stereocenters. The Morgan fingerprint density at radius 1 is 1.00 bits per heavy atom. The minimum absolute atomic E-state index is 0.176. The first-order chi connectivity index (χ1) is 12.8. The van der Waals surface area contributed by atoms with Crippen molar-refractivity contribution in [2.45, 2.75) is 0 Å². The van der Waals surface area contributed by atoms with Crippen LogP contribution in [0.4, 0.5) is 5.69 Å². The predicted octanol–water partition coefficient (Wildman–Crippen LogP) is 4.37. The van der Waals surface area contributed by atoms with Crippen LogP contribution in [0.25, 0.3) is 0 Å². The third-order valence-electron chi connectivity index (χ3n) is 3.61. The number of amides is 2. The van der Waals surface area contributed by atoms with E-state index in [2.05, 4.69) is 5.32 Å². The predicted molar refractivity (Wildman–Crippen MR) is 107 cm³/mol. The monoisotopic (exact) mass is 430 g/mol. The maximum absolute atomic E-state index is 12.6. The van der Waals surface area contributed by atoms with Gasteiger partial charge in [-0.1, -0.05) is 34.8 Å². The van der Waals surface area contributed by atoms with Crippen molar-refractivity contribution in [3.63, 3.8) is 0 Å². The van der Waals surface area contributed by atoms with Crippen LogP contribution in [0.2, 0.25) is 15.1 Å². The highest BCUT2D eigenvalue weighted by Gasteiger charge is 2.19. The molecule has 9 heteroatoms. The number of ether oxygens (including phenoxy) is 2. The van der Waals surface area contributed by atoms with Crippen LogP contribution in [-0.4, -0.2) is 44.5 Å². The maximum Gasteiger partial charge on any atom is 0.254 e. The van der Waals surface area contributed by atoms with Crippen LogP contribution in [0.1, 0.15) is 10.4 Å². The first kappa shape index (κ1) is 21.2. The van der Waals surface area contributed by atoms with Crippen molar-refractivity contribution in [2.75, 3.05) is 33.1 Å². The number of hydrogen-bond acceptors (Lipinski definition) is 4. The molecule has 0 unspecified atom stereocenters. The molecule has 0 saturated carbocycles. The zero-order chi connectivity index (χ0) is 20.1. The highest BCUT2D eigenvalue weighted by atomic mass is 35.5. The van der Waals surface area contributed by atoms with Crippen molar-refractivity contribution in [3.05, 3.63) is 51.0 Å². The number of halogens is 3. The average molecular weight is 432 g/mol. The molecule has 0 aliphatic rings. The van der Waals surface area contributed by atoms with Gasteiger partial charge >= 0.3 is 0 Å². The topological polar surface area (TPSA) is 67.9 Å². The molecule has 0 aliphatic carbocycles. The van der Waals surface area contributed by atoms with Gasteiger partial charge < -0.3 is 19.7 Å². The fourth-order valence-corrected chi connectivity index (χ4v) is 2.91. The molecule has 2 amide bonds. The summed E-state index contributed by atoms with van der Waals surface area (Å²) in [6.07, 6.45) is 0. The molecule has 2 aromatic carbocycles. The van der Waals surface area contributed by atoms with Crippen LogP contribution < -0.4 is 14.8 Å². The van der Waals surface area contributed by atoms with Gasteiger partial charge in [-0.15, -0.1) is 0 Å². The Hall–Kier alpha value is -2.15. The van der Waals surface area contributed by atoms with Crippen LogP contribution in [0, 0.1) is 0 Å². The van der Waals surface area contributed by atoms with Gasteiger partial charge in [0.2, 0.25) is 5.91 Å². The summed E-state index contributed by atoms with van der Waals surface area (Å²) in [6, 6.07) is 7.67. The number of methoxy groups -OCH3 is 2. The second-order valence-corrected chi connectivity index (χ2v) is 6.75. The van der Waals surface area contributed by atoms with E-state index in [4.69, 9.17) is 44.3 Å². The van der Waals surface area contributed by atoms with Gasteiger partial charge in [0.25, 0.3) is 5.91 Å². The summed E-state index contributed by atoms with van der Waals surface area (Å²) >= 11 is 17.9. The molecule has 144 valence electrons. The van der Waals surface area contributed by atoms with Gasteiger partial charge in [-0.2, -0.15) is 0 Å². The van der Waals surface area contributed by atoms with Gasteiger partial charge in [0.05, 0.1) is 35.8 Å². The Morgan fingerprint density at radius 3 is 2.30 bits per heavy atom. The van der Waals surface area contributed by atoms with Crippen LogP contribution in [-0.2, 0) is 4.79 Å². The van der Waals surface area contributed by atoms with E-state index >= 15 is 0 Å². The molecule has 0 aromatic heterocycles. The number of benzene rings is 2. The number of carbonyl (C=O) groups is 2. The molecule has 0 fully saturated rings. The van der Waals surface area contributed by atoms with E-state index in [0.717, 1.165) is 0 Å². The quantitative estimate of drug-likeness (QED) is 0.737. The molecule has 2 aromatic rings. The molecule has 2 rings (SSSR count). The Labute approximate surface area is 171 Å². The number of rotatable bonds is 6. The second-order valence-electron chi connectivity index (χ2n) is 5.53. The number of hydrogen-bond donors (Lipinski definition) is 1. The van der Waals surface area contributed by atoms with Gasteiger partial charge in [0, 0.05) is 18.3 Å². The fraction of sp³-hybridized carbons (Fsp3) is 0.222. The number of nitrogens with one attached hydrogen (secondary N) is 1. The van der Waals surface area contributed by atoms with E-state index in [1.165, 1.54) is 44.4 Å². The largest absolute Gasteiger partial charge is 0.493 e. The van der Waals surface area contributed by atoms with Crippen LogP contribution in [0.5, 0.6) is 11.5 Å². The molecular formula is C18H17Cl3N2O4. The fourth-order valence-electron chi connectivity index (χ4n) is 2.32. The summed E-state index contributed by atoms with van der Waals surface area (Å²) in [5, 5.41) is 3.58. The lowest BCUT2D eigenvalue weighted by Gasteiger charge is -2.18. The Kier molecular flexibility index (Phi) is 7.18. The third kappa shape index (κ3) is 5.19. The van der Waals surface area contributed by atoms with Crippen LogP contribution in [0.3, 0.4) is 0 Å². The summed E-state index contributed by atoms with van der Waals surface area (Å²) in [4.78, 5) is 26.1. The molecule has 0 aliphatic heterocycles. The van der Waals surface area contributed by atoms with Gasteiger partial charge in [0.15, 0.2) is 11.5 Å². The van der Waals surface area contributed by atoms with Crippen molar-refractivity contribution in [3.8, 4) is 11.5 Å². The average Bonchev–Trinajstić information content (AvgIpc) is 2.63. The van der Waals surface area contributed by atoms with E-state index in [0.29, 0.717) is 27.2 Å². The van der Waals surface area contributed by atoms with E-state index < -0.39 is 11.8 Å².